The molecule has 0 bridgehead atoms. The van der Waals surface area contributed by atoms with Gasteiger partial charge in [-0.2, -0.15) is 0 Å². The van der Waals surface area contributed by atoms with Gasteiger partial charge in [0.2, 0.25) is 0 Å². The van der Waals surface area contributed by atoms with Crippen molar-refractivity contribution in [3.63, 3.8) is 0 Å². The number of carboxylic acid groups (broad SMARTS) is 1. The molecule has 1 rings (SSSR count). The lowest BCUT2D eigenvalue weighted by Crippen LogP contribution is -2.18. The van der Waals surface area contributed by atoms with Gasteiger partial charge in [-0.3, -0.25) is 0 Å². The topological polar surface area (TPSA) is 84.6 Å². The molecule has 0 aromatic heterocycles. The average Bonchev–Trinajstić information content (AvgIpc) is 2.08. The molecule has 0 unspecified atom stereocenters. The summed E-state index contributed by atoms with van der Waals surface area (Å²) in [5.41, 5.74) is 9.25. The Hall–Kier alpha value is -1.75. The van der Waals surface area contributed by atoms with Gasteiger partial charge in [-0.25, -0.2) is 4.79 Å². The van der Waals surface area contributed by atoms with Crippen molar-refractivity contribution < 1.29 is 14.7 Å². The van der Waals surface area contributed by atoms with E-state index in [0.29, 0.717) is 5.69 Å². The zero-order chi connectivity index (χ0) is 9.68. The summed E-state index contributed by atoms with van der Waals surface area (Å²) in [6.07, 6.45) is -1.37. The van der Waals surface area contributed by atoms with Gasteiger partial charge in [0.15, 0.2) is 0 Å². The van der Waals surface area contributed by atoms with Crippen molar-refractivity contribution >= 4 is 11.8 Å². The molecule has 0 heterocycles. The zero-order valence-electron chi connectivity index (χ0n) is 6.86. The molecule has 4 N–H and O–H groups in total. The number of benzene rings is 1. The number of para-hydroxylation sites is 1. The first-order chi connectivity index (χ1) is 6.20. The van der Waals surface area contributed by atoms with Crippen molar-refractivity contribution in [2.45, 2.75) is 6.54 Å². The number of hydrogen-bond donors (Lipinski definition) is 3. The molecule has 0 aliphatic carbocycles. The Morgan fingerprint density at radius 1 is 1.54 bits per heavy atom. The van der Waals surface area contributed by atoms with Crippen molar-refractivity contribution in [1.82, 2.24) is 5.48 Å². The molecule has 0 saturated heterocycles. The second-order valence-corrected chi connectivity index (χ2v) is 2.39. The zero-order valence-corrected chi connectivity index (χ0v) is 6.86. The number of rotatable bonds is 3. The number of hydrogen-bond acceptors (Lipinski definition) is 4. The molecule has 1 aromatic carbocycles. The van der Waals surface area contributed by atoms with E-state index in [1.807, 2.05) is 6.07 Å². The van der Waals surface area contributed by atoms with E-state index >= 15 is 0 Å². The molecule has 0 aliphatic rings. The van der Waals surface area contributed by atoms with Gasteiger partial charge in [0.1, 0.15) is 0 Å². The highest BCUT2D eigenvalue weighted by atomic mass is 16.8. The summed E-state index contributed by atoms with van der Waals surface area (Å²) in [5, 5.41) is 8.14. The van der Waals surface area contributed by atoms with Gasteiger partial charge in [-0.1, -0.05) is 18.2 Å². The SMILES string of the molecule is Nc1ccccc1CNOC(=O)O. The smallest absolute Gasteiger partial charge is 0.448 e. The second-order valence-electron chi connectivity index (χ2n) is 2.39. The van der Waals surface area contributed by atoms with Gasteiger partial charge in [0.05, 0.1) is 6.54 Å². The number of nitrogens with one attached hydrogen (secondary N) is 1. The molecule has 70 valence electrons. The maximum Gasteiger partial charge on any atom is 0.525 e. The van der Waals surface area contributed by atoms with Crippen LogP contribution in [0.15, 0.2) is 24.3 Å². The van der Waals surface area contributed by atoms with Crippen molar-refractivity contribution in [3.8, 4) is 0 Å². The van der Waals surface area contributed by atoms with Crippen molar-refractivity contribution in [3.05, 3.63) is 29.8 Å². The highest BCUT2D eigenvalue weighted by Crippen LogP contribution is 2.09. The molecule has 5 heteroatoms. The highest BCUT2D eigenvalue weighted by Gasteiger charge is 1.99. The minimum atomic E-state index is -1.37. The lowest BCUT2D eigenvalue weighted by Gasteiger charge is -2.04. The number of carbonyl (C=O) groups is 1. The fraction of sp³-hybridized carbons (Fsp3) is 0.125. The van der Waals surface area contributed by atoms with Crippen LogP contribution in [-0.2, 0) is 11.4 Å². The fourth-order valence-electron chi connectivity index (χ4n) is 0.871. The van der Waals surface area contributed by atoms with Crippen LogP contribution in [0.4, 0.5) is 10.5 Å². The summed E-state index contributed by atoms with van der Waals surface area (Å²) in [4.78, 5) is 14.1. The first kappa shape index (κ1) is 9.34. The Morgan fingerprint density at radius 2 is 2.23 bits per heavy atom. The summed E-state index contributed by atoms with van der Waals surface area (Å²) in [6, 6.07) is 7.14. The van der Waals surface area contributed by atoms with E-state index in [1.54, 1.807) is 18.2 Å². The normalized spacial score (nSPS) is 9.54. The van der Waals surface area contributed by atoms with Crippen LogP contribution >= 0.6 is 0 Å². The van der Waals surface area contributed by atoms with Gasteiger partial charge < -0.3 is 15.7 Å². The first-order valence-electron chi connectivity index (χ1n) is 3.66. The standard InChI is InChI=1S/C8H10N2O3/c9-7-4-2-1-3-6(7)5-10-13-8(11)12/h1-4,10H,5,9H2,(H,11,12). The van der Waals surface area contributed by atoms with E-state index < -0.39 is 6.16 Å². The molecule has 5 nitrogen and oxygen atoms in total. The van der Waals surface area contributed by atoms with E-state index in [1.165, 1.54) is 0 Å². The minimum Gasteiger partial charge on any atom is -0.448 e. The predicted octanol–water partition coefficient (Wildman–Crippen LogP) is 0.968. The van der Waals surface area contributed by atoms with E-state index in [4.69, 9.17) is 10.8 Å². The third kappa shape index (κ3) is 3.00. The van der Waals surface area contributed by atoms with Crippen molar-refractivity contribution in [2.75, 3.05) is 5.73 Å². The maximum atomic E-state index is 9.96. The van der Waals surface area contributed by atoms with Crippen LogP contribution in [0.25, 0.3) is 0 Å². The van der Waals surface area contributed by atoms with E-state index in [0.717, 1.165) is 5.56 Å². The molecule has 0 atom stereocenters. The quantitative estimate of drug-likeness (QED) is 0.479. The second kappa shape index (κ2) is 4.32. The molecule has 0 saturated carbocycles. The molecule has 13 heavy (non-hydrogen) atoms. The Bertz CT molecular complexity index is 301. The monoisotopic (exact) mass is 182 g/mol. The molecule has 1 aromatic rings. The number of anilines is 1. The Labute approximate surface area is 75.1 Å². The Balaban J connectivity index is 2.45. The maximum absolute atomic E-state index is 9.96. The van der Waals surface area contributed by atoms with Crippen molar-refractivity contribution in [2.24, 2.45) is 0 Å². The highest BCUT2D eigenvalue weighted by molar-refractivity contribution is 5.56. The number of nitrogen functional groups attached to an aromatic ring is 1. The van der Waals surface area contributed by atoms with Crippen LogP contribution < -0.4 is 11.2 Å². The summed E-state index contributed by atoms with van der Waals surface area (Å²) >= 11 is 0. The molecular weight excluding hydrogens is 172 g/mol. The van der Waals surface area contributed by atoms with E-state index in [-0.39, 0.29) is 6.54 Å². The number of nitrogens with two attached hydrogens (primary N) is 1. The van der Waals surface area contributed by atoms with Gasteiger partial charge in [-0.15, -0.1) is 5.48 Å². The summed E-state index contributed by atoms with van der Waals surface area (Å²) in [6.45, 7) is 0.263. The average molecular weight is 182 g/mol. The molecular formula is C8H10N2O3. The van der Waals surface area contributed by atoms with Gasteiger partial charge in [0, 0.05) is 5.69 Å². The van der Waals surface area contributed by atoms with Gasteiger partial charge >= 0.3 is 6.16 Å². The third-order valence-electron chi connectivity index (χ3n) is 1.48. The predicted molar refractivity (Wildman–Crippen MR) is 46.8 cm³/mol. The summed E-state index contributed by atoms with van der Waals surface area (Å²) in [7, 11) is 0. The molecule has 0 aliphatic heterocycles. The largest absolute Gasteiger partial charge is 0.525 e. The summed E-state index contributed by atoms with van der Waals surface area (Å²) < 4.78 is 0. The minimum absolute atomic E-state index is 0.263. The van der Waals surface area contributed by atoms with Crippen LogP contribution in [-0.4, -0.2) is 11.3 Å². The Kier molecular flexibility index (Phi) is 3.10. The molecule has 0 fully saturated rings. The number of hydroxylamine groups is 1. The lowest BCUT2D eigenvalue weighted by molar-refractivity contribution is 0.0415. The van der Waals surface area contributed by atoms with E-state index in [2.05, 4.69) is 10.3 Å². The molecule has 0 amide bonds. The van der Waals surface area contributed by atoms with Crippen LogP contribution in [0.2, 0.25) is 0 Å². The van der Waals surface area contributed by atoms with E-state index in [9.17, 15) is 4.79 Å². The van der Waals surface area contributed by atoms with Crippen LogP contribution in [0.1, 0.15) is 5.56 Å². The molecule has 0 spiro atoms. The Morgan fingerprint density at radius 3 is 2.85 bits per heavy atom. The third-order valence-corrected chi connectivity index (χ3v) is 1.48. The van der Waals surface area contributed by atoms with Crippen LogP contribution in [0.5, 0.6) is 0 Å². The van der Waals surface area contributed by atoms with Crippen molar-refractivity contribution in [1.29, 1.82) is 0 Å². The molecule has 0 radical (unpaired) electrons. The van der Waals surface area contributed by atoms with Gasteiger partial charge in [0.25, 0.3) is 0 Å². The summed E-state index contributed by atoms with van der Waals surface area (Å²) in [5.74, 6) is 0. The van der Waals surface area contributed by atoms with Crippen LogP contribution in [0, 0.1) is 0 Å². The van der Waals surface area contributed by atoms with Crippen LogP contribution in [0.3, 0.4) is 0 Å². The first-order valence-corrected chi connectivity index (χ1v) is 3.66. The van der Waals surface area contributed by atoms with Gasteiger partial charge in [-0.05, 0) is 11.6 Å². The lowest BCUT2D eigenvalue weighted by atomic mass is 10.2. The fourth-order valence-corrected chi connectivity index (χ4v) is 0.871.